The maximum absolute atomic E-state index is 13.5. The number of benzene rings is 1. The Kier molecular flexibility index (Phi) is 4.42. The summed E-state index contributed by atoms with van der Waals surface area (Å²) in [6.45, 7) is 0. The van der Waals surface area contributed by atoms with E-state index in [2.05, 4.69) is 0 Å². The van der Waals surface area contributed by atoms with E-state index in [1.54, 1.807) is 20.2 Å². The van der Waals surface area contributed by atoms with Gasteiger partial charge in [0.1, 0.15) is 22.8 Å². The average Bonchev–Trinajstić information content (AvgIpc) is 2.67. The maximum Gasteiger partial charge on any atom is 0.255 e. The van der Waals surface area contributed by atoms with Crippen LogP contribution in [0.1, 0.15) is 17.5 Å². The number of anilines is 1. The van der Waals surface area contributed by atoms with Gasteiger partial charge in [-0.1, -0.05) is 6.07 Å². The van der Waals surface area contributed by atoms with Crippen LogP contribution in [-0.4, -0.2) is 68.5 Å². The molecule has 10 nitrogen and oxygen atoms in total. The van der Waals surface area contributed by atoms with Crippen LogP contribution in [-0.2, 0) is 20.8 Å². The lowest BCUT2D eigenvalue weighted by Gasteiger charge is -2.50. The van der Waals surface area contributed by atoms with Gasteiger partial charge >= 0.3 is 0 Å². The number of amides is 1. The molecule has 164 valence electrons. The number of ketones is 2. The Morgan fingerprint density at radius 1 is 1.19 bits per heavy atom. The molecule has 1 aromatic carbocycles. The number of carbonyl (C=O) groups is 3. The summed E-state index contributed by atoms with van der Waals surface area (Å²) < 4.78 is 0. The highest BCUT2D eigenvalue weighted by molar-refractivity contribution is 6.24. The lowest BCUT2D eigenvalue weighted by molar-refractivity contribution is -0.153. The van der Waals surface area contributed by atoms with Crippen LogP contribution in [0.25, 0.3) is 5.76 Å². The number of Topliss-reactive ketones (excluding diaryl/α,β-unsaturated/α-hetero) is 2. The molecule has 0 bridgehead atoms. The summed E-state index contributed by atoms with van der Waals surface area (Å²) in [5.74, 6) is -6.84. The van der Waals surface area contributed by atoms with Gasteiger partial charge in [-0.3, -0.25) is 19.3 Å². The summed E-state index contributed by atoms with van der Waals surface area (Å²) >= 11 is 0. The number of nitrogens with two attached hydrogens (primary N) is 2. The Morgan fingerprint density at radius 2 is 1.84 bits per heavy atom. The van der Waals surface area contributed by atoms with Gasteiger partial charge in [-0.2, -0.15) is 0 Å². The molecule has 0 spiro atoms. The molecule has 1 aromatic rings. The molecule has 1 amide bonds. The minimum Gasteiger partial charge on any atom is -0.508 e. The van der Waals surface area contributed by atoms with Gasteiger partial charge in [0, 0.05) is 11.5 Å². The van der Waals surface area contributed by atoms with Crippen LogP contribution in [0.4, 0.5) is 5.69 Å². The van der Waals surface area contributed by atoms with Crippen molar-refractivity contribution >= 4 is 28.9 Å². The van der Waals surface area contributed by atoms with Gasteiger partial charge < -0.3 is 31.9 Å². The van der Waals surface area contributed by atoms with E-state index in [0.717, 1.165) is 0 Å². The predicted molar refractivity (Wildman–Crippen MR) is 109 cm³/mol. The second-order valence-electron chi connectivity index (χ2n) is 8.50. The van der Waals surface area contributed by atoms with E-state index in [0.29, 0.717) is 5.56 Å². The van der Waals surface area contributed by atoms with Crippen molar-refractivity contribution in [1.82, 2.24) is 4.90 Å². The quantitative estimate of drug-likeness (QED) is 0.205. The average molecular weight is 429 g/mol. The molecule has 3 aliphatic rings. The lowest BCUT2D eigenvalue weighted by atomic mass is 9.57. The molecule has 1 saturated carbocycles. The number of hydrogen-bond acceptors (Lipinski definition) is 9. The molecule has 2 unspecified atom stereocenters. The highest BCUT2D eigenvalue weighted by Crippen LogP contribution is 2.52. The zero-order valence-electron chi connectivity index (χ0n) is 16.9. The lowest BCUT2D eigenvalue weighted by Crippen LogP contribution is -2.65. The second kappa shape index (κ2) is 6.56. The van der Waals surface area contributed by atoms with Crippen LogP contribution in [0.2, 0.25) is 0 Å². The van der Waals surface area contributed by atoms with Crippen molar-refractivity contribution < 1.29 is 34.8 Å². The first-order valence-electron chi connectivity index (χ1n) is 9.68. The van der Waals surface area contributed by atoms with Crippen LogP contribution in [0, 0.1) is 11.8 Å². The number of carbonyl (C=O) groups excluding carboxylic acids is 3. The van der Waals surface area contributed by atoms with Crippen LogP contribution in [0.5, 0.6) is 5.75 Å². The van der Waals surface area contributed by atoms with E-state index in [1.807, 2.05) is 0 Å². The van der Waals surface area contributed by atoms with Gasteiger partial charge in [0.15, 0.2) is 11.4 Å². The van der Waals surface area contributed by atoms with Gasteiger partial charge in [0.05, 0.1) is 17.3 Å². The fourth-order valence-electron chi connectivity index (χ4n) is 5.23. The van der Waals surface area contributed by atoms with Crippen LogP contribution in [0.3, 0.4) is 0 Å². The third-order valence-corrected chi connectivity index (χ3v) is 6.62. The molecule has 0 radical (unpaired) electrons. The Hall–Kier alpha value is -3.37. The molecular formula is C21H23N3O7. The zero-order chi connectivity index (χ0) is 23.0. The molecule has 3 aliphatic carbocycles. The van der Waals surface area contributed by atoms with Crippen LogP contribution in [0.15, 0.2) is 29.0 Å². The van der Waals surface area contributed by atoms with E-state index in [9.17, 15) is 34.8 Å². The first-order valence-corrected chi connectivity index (χ1v) is 9.68. The zero-order valence-corrected chi connectivity index (χ0v) is 16.9. The monoisotopic (exact) mass is 429 g/mol. The molecule has 1 fully saturated rings. The highest BCUT2D eigenvalue weighted by Gasteiger charge is 2.64. The first kappa shape index (κ1) is 20.9. The smallest absolute Gasteiger partial charge is 0.255 e. The predicted octanol–water partition coefficient (Wildman–Crippen LogP) is -0.454. The summed E-state index contributed by atoms with van der Waals surface area (Å²) in [5, 5.41) is 43.4. The molecule has 4 rings (SSSR count). The Labute approximate surface area is 177 Å². The number of hydrogen-bond donors (Lipinski definition) is 6. The van der Waals surface area contributed by atoms with Crippen molar-refractivity contribution in [1.29, 1.82) is 0 Å². The number of aliphatic hydroxyl groups excluding tert-OH is 2. The van der Waals surface area contributed by atoms with Crippen molar-refractivity contribution in [2.45, 2.75) is 24.5 Å². The molecule has 31 heavy (non-hydrogen) atoms. The largest absolute Gasteiger partial charge is 0.508 e. The normalized spacial score (nSPS) is 30.3. The molecule has 0 heterocycles. The van der Waals surface area contributed by atoms with Crippen molar-refractivity contribution in [3.05, 3.63) is 40.2 Å². The second-order valence-corrected chi connectivity index (χ2v) is 8.50. The van der Waals surface area contributed by atoms with Crippen molar-refractivity contribution in [3.63, 3.8) is 0 Å². The summed E-state index contributed by atoms with van der Waals surface area (Å²) in [6.07, 6.45) is 0.291. The summed E-state index contributed by atoms with van der Waals surface area (Å²) in [6, 6.07) is 2.01. The highest BCUT2D eigenvalue weighted by atomic mass is 16.3. The molecule has 0 saturated heterocycles. The Morgan fingerprint density at radius 3 is 2.42 bits per heavy atom. The van der Waals surface area contributed by atoms with Gasteiger partial charge in [-0.25, -0.2) is 0 Å². The molecule has 0 aliphatic heterocycles. The van der Waals surface area contributed by atoms with Crippen LogP contribution >= 0.6 is 0 Å². The van der Waals surface area contributed by atoms with Gasteiger partial charge in [0.2, 0.25) is 5.78 Å². The SMILES string of the molecule is CN(C)[C@@H]1C(=O)C(C(N)=O)=C(O)[C@@]2(O)C(=O)C3=C(O)c4c(ccc(N)c4O)CC3CC12. The standard InChI is InChI=1S/C21H23N3O7/c1-24(2)14-9-6-8-5-7-3-4-10(22)15(25)11(7)16(26)12(8)18(28)21(9,31)19(29)13(17(14)27)20(23)30/h3-4,8-9,14,25-26,29,31H,5-6,22H2,1-2H3,(H2,23,30)/t8?,9?,14-,21-/m0/s1. The van der Waals surface area contributed by atoms with Gasteiger partial charge in [-0.15, -0.1) is 0 Å². The molecule has 8 N–H and O–H groups in total. The molecule has 10 heteroatoms. The fraction of sp³-hybridized carbons (Fsp3) is 0.381. The minimum atomic E-state index is -2.64. The number of phenolic OH excluding ortho intramolecular Hbond substituents is 1. The van der Waals surface area contributed by atoms with E-state index in [1.165, 1.54) is 11.0 Å². The maximum atomic E-state index is 13.5. The van der Waals surface area contributed by atoms with Crippen molar-refractivity contribution in [3.8, 4) is 5.75 Å². The third-order valence-electron chi connectivity index (χ3n) is 6.62. The number of rotatable bonds is 2. The van der Waals surface area contributed by atoms with E-state index < -0.39 is 63.8 Å². The Bertz CT molecular complexity index is 1120. The number of likely N-dealkylation sites (N-methyl/N-ethyl adjacent to an activating group) is 1. The minimum absolute atomic E-state index is 0.00103. The van der Waals surface area contributed by atoms with Crippen molar-refractivity contribution in [2.24, 2.45) is 17.6 Å². The van der Waals surface area contributed by atoms with Crippen molar-refractivity contribution in [2.75, 3.05) is 19.8 Å². The van der Waals surface area contributed by atoms with Crippen LogP contribution < -0.4 is 11.5 Å². The number of nitrogen functional groups attached to an aromatic ring is 1. The number of fused-ring (bicyclic) bond motifs is 3. The topological polar surface area (TPSA) is 187 Å². The summed E-state index contributed by atoms with van der Waals surface area (Å²) in [4.78, 5) is 39.8. The number of aromatic hydroxyl groups is 1. The van der Waals surface area contributed by atoms with E-state index in [-0.39, 0.29) is 29.7 Å². The van der Waals surface area contributed by atoms with E-state index >= 15 is 0 Å². The van der Waals surface area contributed by atoms with Gasteiger partial charge in [-0.05, 0) is 44.5 Å². The number of aliphatic hydroxyl groups is 3. The summed E-state index contributed by atoms with van der Waals surface area (Å²) in [5.41, 5.74) is 7.85. The number of primary amides is 1. The first-order chi connectivity index (χ1) is 14.4. The number of nitrogens with zero attached hydrogens (tertiary/aromatic N) is 1. The van der Waals surface area contributed by atoms with Gasteiger partial charge in [0.25, 0.3) is 5.91 Å². The molecule has 4 atom stereocenters. The fourth-order valence-corrected chi connectivity index (χ4v) is 5.23. The molecular weight excluding hydrogens is 406 g/mol. The van der Waals surface area contributed by atoms with E-state index in [4.69, 9.17) is 11.5 Å². The molecule has 0 aromatic heterocycles. The summed E-state index contributed by atoms with van der Waals surface area (Å²) in [7, 11) is 3.10. The number of phenols is 1. The third kappa shape index (κ3) is 2.55. The Balaban J connectivity index is 1.98.